The van der Waals surface area contributed by atoms with E-state index in [1.165, 1.54) is 214 Å². The number of rotatable bonds is 33. The van der Waals surface area contributed by atoms with Gasteiger partial charge in [-0.05, 0) is 56.0 Å². The Hall–Kier alpha value is -2.08. The van der Waals surface area contributed by atoms with Crippen molar-refractivity contribution in [1.82, 2.24) is 8.75 Å². The highest BCUT2D eigenvalue weighted by Gasteiger charge is 2.44. The summed E-state index contributed by atoms with van der Waals surface area (Å²) in [6, 6.07) is 9.59. The van der Waals surface area contributed by atoms with Crippen LogP contribution in [0, 0.1) is 6.92 Å². The van der Waals surface area contributed by atoms with Gasteiger partial charge in [0.2, 0.25) is 0 Å². The largest absolute Gasteiger partial charge is 0.172 e. The minimum atomic E-state index is 0.173. The van der Waals surface area contributed by atoms with Gasteiger partial charge in [0, 0.05) is 36.1 Å². The van der Waals surface area contributed by atoms with Crippen molar-refractivity contribution in [1.29, 1.82) is 0 Å². The van der Waals surface area contributed by atoms with Crippen molar-refractivity contribution in [2.75, 3.05) is 0 Å². The zero-order valence-corrected chi connectivity index (χ0v) is 39.9. The number of thiophene rings is 2. The van der Waals surface area contributed by atoms with E-state index in [1.54, 1.807) is 20.9 Å². The minimum absolute atomic E-state index is 0.173. The molecule has 58 heavy (non-hydrogen) atoms. The summed E-state index contributed by atoms with van der Waals surface area (Å²) in [6.45, 7) is 9.03. The van der Waals surface area contributed by atoms with Gasteiger partial charge in [-0.1, -0.05) is 224 Å². The van der Waals surface area contributed by atoms with Crippen LogP contribution >= 0.6 is 34.4 Å². The molecule has 4 aromatic rings. The quantitative estimate of drug-likeness (QED) is 0.0447. The molecule has 3 heterocycles. The summed E-state index contributed by atoms with van der Waals surface area (Å²) < 4.78 is 9.35. The Labute approximate surface area is 368 Å². The summed E-state index contributed by atoms with van der Waals surface area (Å²) >= 11 is 5.39. The first-order chi connectivity index (χ1) is 28.6. The standard InChI is InChI=1S/C53H80N2S3/c1-5-8-10-12-14-16-18-20-22-24-26-28-30-32-39-53(40-33-31-29-27-25-23-21-19-17-15-13-11-9-6-2)47-41-43(4)56-51(47)52-48(53)42-46(57-52)38-37-45-36-35-44(34-7-3)49-50(45)55-58-54-49/h7,34-38,41-42H,5-6,8-33,39-40H2,1-4H3/b34-7+,38-37+. The highest BCUT2D eigenvalue weighted by Crippen LogP contribution is 2.59. The molecule has 2 nitrogen and oxygen atoms in total. The third-order valence-corrected chi connectivity index (χ3v) is 15.9. The van der Waals surface area contributed by atoms with Crippen LogP contribution in [0.1, 0.15) is 245 Å². The maximum atomic E-state index is 4.71. The molecule has 1 aliphatic rings. The van der Waals surface area contributed by atoms with Gasteiger partial charge in [-0.3, -0.25) is 0 Å². The molecule has 0 saturated heterocycles. The Balaban J connectivity index is 1.17. The van der Waals surface area contributed by atoms with E-state index in [9.17, 15) is 0 Å². The maximum absolute atomic E-state index is 4.71. The van der Waals surface area contributed by atoms with Gasteiger partial charge in [-0.25, -0.2) is 0 Å². The molecule has 0 bridgehead atoms. The molecular formula is C53H80N2S3. The van der Waals surface area contributed by atoms with Crippen molar-refractivity contribution >= 4 is 63.7 Å². The number of unbranched alkanes of at least 4 members (excludes halogenated alkanes) is 26. The highest BCUT2D eigenvalue weighted by atomic mass is 32.1. The molecule has 0 atom stereocenters. The van der Waals surface area contributed by atoms with Crippen LogP contribution in [0.5, 0.6) is 0 Å². The molecule has 0 aliphatic heterocycles. The van der Waals surface area contributed by atoms with Gasteiger partial charge in [0.15, 0.2) is 0 Å². The molecule has 0 radical (unpaired) electrons. The van der Waals surface area contributed by atoms with Crippen molar-refractivity contribution in [3.05, 3.63) is 62.3 Å². The summed E-state index contributed by atoms with van der Waals surface area (Å²) in [5.41, 5.74) is 7.83. The summed E-state index contributed by atoms with van der Waals surface area (Å²) in [6.07, 6.45) is 51.2. The van der Waals surface area contributed by atoms with Gasteiger partial charge in [0.05, 0.1) is 11.7 Å². The second-order valence-corrected chi connectivity index (χ2v) is 20.7. The Morgan fingerprint density at radius 3 is 1.33 bits per heavy atom. The molecule has 0 saturated carbocycles. The number of nitrogens with zero attached hydrogens (tertiary/aromatic N) is 2. The Bertz CT molecular complexity index is 1740. The zero-order valence-electron chi connectivity index (χ0n) is 37.5. The number of hydrogen-bond acceptors (Lipinski definition) is 5. The van der Waals surface area contributed by atoms with E-state index in [0.29, 0.717) is 0 Å². The van der Waals surface area contributed by atoms with Crippen molar-refractivity contribution in [2.24, 2.45) is 0 Å². The number of fused-ring (bicyclic) bond motifs is 4. The number of hydrogen-bond donors (Lipinski definition) is 0. The van der Waals surface area contributed by atoms with Gasteiger partial charge in [0.25, 0.3) is 0 Å². The fraction of sp³-hybridized carbons (Fsp3) is 0.660. The van der Waals surface area contributed by atoms with E-state index < -0.39 is 0 Å². The van der Waals surface area contributed by atoms with Crippen LogP contribution in [0.25, 0.3) is 39.0 Å². The van der Waals surface area contributed by atoms with E-state index in [1.807, 2.05) is 22.7 Å². The monoisotopic (exact) mass is 841 g/mol. The molecule has 3 aromatic heterocycles. The van der Waals surface area contributed by atoms with Crippen LogP contribution in [0.15, 0.2) is 30.3 Å². The SMILES string of the molecule is C/C=C/c1ccc(/C=C/c2cc3c(s2)-c2sc(C)cc2C3(CCCCCCCCCCCCCCCC)CCCCCCCCCCCCCCCC)c2nsnc12. The first kappa shape index (κ1) is 47.0. The van der Waals surface area contributed by atoms with E-state index in [0.717, 1.165) is 22.2 Å². The van der Waals surface area contributed by atoms with Crippen LogP contribution in [0.3, 0.4) is 0 Å². The number of allylic oxidation sites excluding steroid dienone is 1. The topological polar surface area (TPSA) is 25.8 Å². The van der Waals surface area contributed by atoms with Crippen molar-refractivity contribution in [3.8, 4) is 9.75 Å². The number of aromatic nitrogens is 2. The van der Waals surface area contributed by atoms with Crippen molar-refractivity contribution in [3.63, 3.8) is 0 Å². The molecule has 0 spiro atoms. The van der Waals surface area contributed by atoms with E-state index >= 15 is 0 Å². The van der Waals surface area contributed by atoms with E-state index in [-0.39, 0.29) is 5.41 Å². The van der Waals surface area contributed by atoms with Crippen LogP contribution < -0.4 is 0 Å². The summed E-state index contributed by atoms with van der Waals surface area (Å²) in [4.78, 5) is 6.00. The summed E-state index contributed by atoms with van der Waals surface area (Å²) in [5, 5.41) is 0. The molecule has 1 aliphatic carbocycles. The van der Waals surface area contributed by atoms with E-state index in [2.05, 4.69) is 80.6 Å². The van der Waals surface area contributed by atoms with Crippen LogP contribution in [0.2, 0.25) is 0 Å². The summed E-state index contributed by atoms with van der Waals surface area (Å²) in [5.74, 6) is 0. The molecule has 0 unspecified atom stereocenters. The van der Waals surface area contributed by atoms with Gasteiger partial charge in [0.1, 0.15) is 11.0 Å². The Morgan fingerprint density at radius 2 is 0.879 bits per heavy atom. The van der Waals surface area contributed by atoms with Gasteiger partial charge >= 0.3 is 0 Å². The predicted molar refractivity (Wildman–Crippen MR) is 264 cm³/mol. The number of benzene rings is 1. The Kier molecular flexibility index (Phi) is 21.9. The minimum Gasteiger partial charge on any atom is -0.172 e. The average Bonchev–Trinajstić information content (AvgIpc) is 4.02. The van der Waals surface area contributed by atoms with Gasteiger partial charge < -0.3 is 0 Å². The van der Waals surface area contributed by atoms with Gasteiger partial charge in [-0.15, -0.1) is 22.7 Å². The lowest BCUT2D eigenvalue weighted by molar-refractivity contribution is 0.397. The maximum Gasteiger partial charge on any atom is 0.112 e. The molecule has 1 aromatic carbocycles. The lowest BCUT2D eigenvalue weighted by Gasteiger charge is -2.31. The van der Waals surface area contributed by atoms with Crippen LogP contribution in [0.4, 0.5) is 0 Å². The van der Waals surface area contributed by atoms with Crippen molar-refractivity contribution < 1.29 is 0 Å². The normalized spacial score (nSPS) is 13.5. The third kappa shape index (κ3) is 14.3. The van der Waals surface area contributed by atoms with Crippen molar-refractivity contribution in [2.45, 2.75) is 226 Å². The first-order valence-corrected chi connectivity index (χ1v) is 26.8. The fourth-order valence-corrected chi connectivity index (χ4v) is 12.7. The third-order valence-electron chi connectivity index (χ3n) is 13.0. The zero-order chi connectivity index (χ0) is 40.7. The number of aryl methyl sites for hydroxylation is 1. The predicted octanol–water partition coefficient (Wildman–Crippen LogP) is 19.3. The van der Waals surface area contributed by atoms with Gasteiger partial charge in [-0.2, -0.15) is 8.75 Å². The Morgan fingerprint density at radius 1 is 0.483 bits per heavy atom. The van der Waals surface area contributed by atoms with Crippen LogP contribution in [-0.4, -0.2) is 8.75 Å². The summed E-state index contributed by atoms with van der Waals surface area (Å²) in [7, 11) is 0. The highest BCUT2D eigenvalue weighted by molar-refractivity contribution is 7.23. The second kappa shape index (κ2) is 27.0. The molecular weight excluding hydrogens is 761 g/mol. The molecule has 0 N–H and O–H groups in total. The van der Waals surface area contributed by atoms with E-state index in [4.69, 9.17) is 4.37 Å². The average molecular weight is 841 g/mol. The fourth-order valence-electron chi connectivity index (χ4n) is 9.63. The first-order valence-electron chi connectivity index (χ1n) is 24.4. The second-order valence-electron chi connectivity index (χ2n) is 17.8. The molecule has 0 amide bonds. The molecule has 5 heteroatoms. The lowest BCUT2D eigenvalue weighted by atomic mass is 9.71. The molecule has 5 rings (SSSR count). The molecule has 0 fully saturated rings. The smallest absolute Gasteiger partial charge is 0.112 e. The molecule has 320 valence electrons. The van der Waals surface area contributed by atoms with Crippen LogP contribution in [-0.2, 0) is 5.41 Å². The lowest BCUT2D eigenvalue weighted by Crippen LogP contribution is -2.25.